The minimum Gasteiger partial charge on any atom is -0.264 e. The fourth-order valence-corrected chi connectivity index (χ4v) is 1.48. The van der Waals surface area contributed by atoms with Crippen LogP contribution in [0.2, 0.25) is 0 Å². The van der Waals surface area contributed by atoms with E-state index in [1.165, 1.54) is 12.1 Å². The summed E-state index contributed by atoms with van der Waals surface area (Å²) in [5, 5.41) is 0. The zero-order valence-electron chi connectivity index (χ0n) is 7.55. The van der Waals surface area contributed by atoms with Crippen LogP contribution in [-0.4, -0.2) is 4.98 Å². The van der Waals surface area contributed by atoms with E-state index in [0.717, 1.165) is 0 Å². The average molecular weight is 270 g/mol. The van der Waals surface area contributed by atoms with Gasteiger partial charge in [-0.05, 0) is 39.7 Å². The Morgan fingerprint density at radius 3 is 2.27 bits per heavy atom. The van der Waals surface area contributed by atoms with Crippen LogP contribution in [0.4, 0.5) is 8.78 Å². The van der Waals surface area contributed by atoms with Crippen molar-refractivity contribution in [1.29, 1.82) is 0 Å². The summed E-state index contributed by atoms with van der Waals surface area (Å²) < 4.78 is 26.3. The summed E-state index contributed by atoms with van der Waals surface area (Å²) in [7, 11) is 0. The van der Waals surface area contributed by atoms with Crippen molar-refractivity contribution in [3.63, 3.8) is 0 Å². The lowest BCUT2D eigenvalue weighted by molar-refractivity contribution is 0.573. The highest BCUT2D eigenvalue weighted by Gasteiger charge is 2.09. The van der Waals surface area contributed by atoms with E-state index in [1.807, 2.05) is 0 Å². The van der Waals surface area contributed by atoms with Crippen LogP contribution in [-0.2, 0) is 0 Å². The van der Waals surface area contributed by atoms with Crippen LogP contribution in [0.5, 0.6) is 0 Å². The molecule has 0 saturated heterocycles. The summed E-state index contributed by atoms with van der Waals surface area (Å²) in [6.07, 6.45) is 3.16. The first-order valence-electron chi connectivity index (χ1n) is 4.23. The number of aromatic nitrogens is 1. The lowest BCUT2D eigenvalue weighted by atomic mass is 10.1. The smallest absolute Gasteiger partial charge is 0.140 e. The second-order valence-corrected chi connectivity index (χ2v) is 3.79. The maximum atomic E-state index is 13.2. The largest absolute Gasteiger partial charge is 0.264 e. The summed E-state index contributed by atoms with van der Waals surface area (Å²) in [5.74, 6) is -1.23. The molecule has 0 aliphatic heterocycles. The van der Waals surface area contributed by atoms with Gasteiger partial charge in [0.2, 0.25) is 0 Å². The average Bonchev–Trinajstić information content (AvgIpc) is 2.26. The molecule has 4 heteroatoms. The van der Waals surface area contributed by atoms with E-state index in [2.05, 4.69) is 20.9 Å². The molecule has 0 atom stereocenters. The summed E-state index contributed by atoms with van der Waals surface area (Å²) in [6, 6.07) is 6.00. The van der Waals surface area contributed by atoms with E-state index >= 15 is 0 Å². The molecule has 1 aromatic carbocycles. The Balaban J connectivity index is 2.56. The van der Waals surface area contributed by atoms with E-state index in [-0.39, 0.29) is 4.47 Å². The Hall–Kier alpha value is -1.29. The molecule has 1 aromatic heterocycles. The Labute approximate surface area is 93.9 Å². The minimum atomic E-state index is -0.617. The van der Waals surface area contributed by atoms with Crippen molar-refractivity contribution in [3.8, 4) is 11.1 Å². The number of nitrogens with zero attached hydrogens (tertiary/aromatic N) is 1. The van der Waals surface area contributed by atoms with Gasteiger partial charge in [0, 0.05) is 18.0 Å². The van der Waals surface area contributed by atoms with Gasteiger partial charge in [-0.1, -0.05) is 6.07 Å². The first-order valence-corrected chi connectivity index (χ1v) is 5.03. The van der Waals surface area contributed by atoms with Crippen LogP contribution >= 0.6 is 15.9 Å². The Kier molecular flexibility index (Phi) is 2.77. The maximum absolute atomic E-state index is 13.2. The lowest BCUT2D eigenvalue weighted by Crippen LogP contribution is -1.87. The number of pyridine rings is 1. The molecule has 1 nitrogen and oxygen atoms in total. The van der Waals surface area contributed by atoms with Crippen LogP contribution in [0.3, 0.4) is 0 Å². The molecule has 0 unspecified atom stereocenters. The summed E-state index contributed by atoms with van der Waals surface area (Å²) in [4.78, 5) is 3.89. The van der Waals surface area contributed by atoms with Gasteiger partial charge in [0.15, 0.2) is 0 Å². The lowest BCUT2D eigenvalue weighted by Gasteiger charge is -2.03. The monoisotopic (exact) mass is 269 g/mol. The number of halogens is 3. The van der Waals surface area contributed by atoms with Crippen molar-refractivity contribution < 1.29 is 8.78 Å². The maximum Gasteiger partial charge on any atom is 0.140 e. The van der Waals surface area contributed by atoms with Gasteiger partial charge in [-0.2, -0.15) is 0 Å². The fraction of sp³-hybridized carbons (Fsp3) is 0. The van der Waals surface area contributed by atoms with Crippen molar-refractivity contribution in [1.82, 2.24) is 4.98 Å². The molecular weight excluding hydrogens is 264 g/mol. The molecule has 2 aromatic rings. The van der Waals surface area contributed by atoms with Gasteiger partial charge in [-0.3, -0.25) is 4.98 Å². The van der Waals surface area contributed by atoms with Gasteiger partial charge >= 0.3 is 0 Å². The Morgan fingerprint density at radius 2 is 1.73 bits per heavy atom. The first kappa shape index (κ1) is 10.2. The Morgan fingerprint density at radius 1 is 1.07 bits per heavy atom. The van der Waals surface area contributed by atoms with E-state index in [0.29, 0.717) is 11.1 Å². The van der Waals surface area contributed by atoms with Gasteiger partial charge in [0.1, 0.15) is 11.6 Å². The zero-order valence-corrected chi connectivity index (χ0v) is 9.13. The first-order chi connectivity index (χ1) is 7.18. The van der Waals surface area contributed by atoms with E-state index in [9.17, 15) is 8.78 Å². The number of hydrogen-bond donors (Lipinski definition) is 0. The molecule has 0 saturated carbocycles. The number of hydrogen-bond acceptors (Lipinski definition) is 1. The highest BCUT2D eigenvalue weighted by Crippen LogP contribution is 2.26. The van der Waals surface area contributed by atoms with Crippen LogP contribution in [0.25, 0.3) is 11.1 Å². The number of rotatable bonds is 1. The van der Waals surface area contributed by atoms with Crippen molar-refractivity contribution in [2.75, 3.05) is 0 Å². The van der Waals surface area contributed by atoms with Crippen molar-refractivity contribution in [2.45, 2.75) is 0 Å². The van der Waals surface area contributed by atoms with Crippen LogP contribution in [0.1, 0.15) is 0 Å². The highest BCUT2D eigenvalue weighted by atomic mass is 79.9. The SMILES string of the molecule is Fc1cc(-c2cccnc2)cc(F)c1Br. The topological polar surface area (TPSA) is 12.9 Å². The normalized spacial score (nSPS) is 10.3. The molecule has 0 spiro atoms. The minimum absolute atomic E-state index is 0.143. The fourth-order valence-electron chi connectivity index (χ4n) is 1.26. The third-order valence-corrected chi connectivity index (χ3v) is 2.74. The van der Waals surface area contributed by atoms with Gasteiger partial charge in [-0.25, -0.2) is 8.78 Å². The second-order valence-electron chi connectivity index (χ2n) is 3.00. The van der Waals surface area contributed by atoms with Gasteiger partial charge in [0.25, 0.3) is 0 Å². The molecule has 0 aliphatic rings. The van der Waals surface area contributed by atoms with Crippen LogP contribution in [0.15, 0.2) is 41.1 Å². The molecule has 0 amide bonds. The van der Waals surface area contributed by atoms with Gasteiger partial charge in [-0.15, -0.1) is 0 Å². The second kappa shape index (κ2) is 4.06. The van der Waals surface area contributed by atoms with E-state index < -0.39 is 11.6 Å². The zero-order chi connectivity index (χ0) is 10.8. The molecule has 0 N–H and O–H groups in total. The Bertz CT molecular complexity index is 462. The summed E-state index contributed by atoms with van der Waals surface area (Å²) in [6.45, 7) is 0. The molecule has 76 valence electrons. The molecule has 0 fully saturated rings. The molecule has 0 radical (unpaired) electrons. The van der Waals surface area contributed by atoms with Crippen LogP contribution < -0.4 is 0 Å². The third-order valence-electron chi connectivity index (χ3n) is 1.98. The van der Waals surface area contributed by atoms with Crippen molar-refractivity contribution in [2.24, 2.45) is 0 Å². The van der Waals surface area contributed by atoms with Crippen molar-refractivity contribution in [3.05, 3.63) is 52.8 Å². The molecule has 15 heavy (non-hydrogen) atoms. The van der Waals surface area contributed by atoms with Gasteiger partial charge < -0.3 is 0 Å². The molecular formula is C11H6BrF2N. The highest BCUT2D eigenvalue weighted by molar-refractivity contribution is 9.10. The van der Waals surface area contributed by atoms with Gasteiger partial charge in [0.05, 0.1) is 4.47 Å². The van der Waals surface area contributed by atoms with E-state index in [4.69, 9.17) is 0 Å². The molecule has 1 heterocycles. The molecule has 0 aliphatic carbocycles. The predicted octanol–water partition coefficient (Wildman–Crippen LogP) is 3.79. The molecule has 0 bridgehead atoms. The summed E-state index contributed by atoms with van der Waals surface area (Å²) >= 11 is 2.82. The van der Waals surface area contributed by atoms with Crippen molar-refractivity contribution >= 4 is 15.9 Å². The quantitative estimate of drug-likeness (QED) is 0.718. The summed E-state index contributed by atoms with van der Waals surface area (Å²) in [5.41, 5.74) is 1.16. The predicted molar refractivity (Wildman–Crippen MR) is 57.3 cm³/mol. The standard InChI is InChI=1S/C11H6BrF2N/c12-11-9(13)4-8(5-10(11)14)7-2-1-3-15-6-7/h1-6H. The third kappa shape index (κ3) is 2.04. The van der Waals surface area contributed by atoms with E-state index in [1.54, 1.807) is 24.5 Å². The van der Waals surface area contributed by atoms with Crippen LogP contribution in [0, 0.1) is 11.6 Å². The number of benzene rings is 1. The molecule has 2 rings (SSSR count).